The number of anilines is 1. The van der Waals surface area contributed by atoms with Gasteiger partial charge in [0.2, 0.25) is 0 Å². The van der Waals surface area contributed by atoms with Crippen molar-refractivity contribution in [1.29, 1.82) is 0 Å². The van der Waals surface area contributed by atoms with Crippen LogP contribution >= 0.6 is 15.9 Å². The van der Waals surface area contributed by atoms with E-state index in [1.54, 1.807) is 0 Å². The van der Waals surface area contributed by atoms with Crippen LogP contribution in [-0.2, 0) is 6.61 Å². The molecule has 0 spiro atoms. The molecule has 0 amide bonds. The van der Waals surface area contributed by atoms with Crippen LogP contribution in [0.2, 0.25) is 0 Å². The quantitative estimate of drug-likeness (QED) is 0.639. The van der Waals surface area contributed by atoms with Crippen LogP contribution in [-0.4, -0.2) is 18.7 Å². The Morgan fingerprint density at radius 3 is 2.81 bits per heavy atom. The molecule has 88 valence electrons. The van der Waals surface area contributed by atoms with Gasteiger partial charge < -0.3 is 10.0 Å². The van der Waals surface area contributed by atoms with Crippen LogP contribution in [0.3, 0.4) is 0 Å². The summed E-state index contributed by atoms with van der Waals surface area (Å²) in [6.07, 6.45) is 4.10. The van der Waals surface area contributed by atoms with Gasteiger partial charge in [-0.3, -0.25) is 0 Å². The summed E-state index contributed by atoms with van der Waals surface area (Å²) in [6.45, 7) is 4.79. The van der Waals surface area contributed by atoms with E-state index in [0.717, 1.165) is 35.1 Å². The first-order valence-electron chi connectivity index (χ1n) is 5.40. The number of allylic oxidation sites excluding steroid dienone is 1. The Morgan fingerprint density at radius 2 is 2.25 bits per heavy atom. The largest absolute Gasteiger partial charge is 0.392 e. The highest BCUT2D eigenvalue weighted by atomic mass is 79.9. The first-order chi connectivity index (χ1) is 7.69. The highest BCUT2D eigenvalue weighted by molar-refractivity contribution is 9.10. The number of hydrogen-bond acceptors (Lipinski definition) is 2. The summed E-state index contributed by atoms with van der Waals surface area (Å²) in [6, 6.07) is 6.02. The zero-order chi connectivity index (χ0) is 12.0. The zero-order valence-electron chi connectivity index (χ0n) is 9.62. The van der Waals surface area contributed by atoms with Gasteiger partial charge in [0.1, 0.15) is 0 Å². The standard InChI is InChI=1S/C13H18BrNO/c1-3-4-5-8-15(2)12-7-6-11(10-16)13(14)9-12/h3,6-7,9,16H,1,4-5,8,10H2,2H3. The molecule has 3 heteroatoms. The molecule has 1 rings (SSSR count). The summed E-state index contributed by atoms with van der Waals surface area (Å²) < 4.78 is 0.961. The van der Waals surface area contributed by atoms with Crippen molar-refractivity contribution in [1.82, 2.24) is 0 Å². The minimum absolute atomic E-state index is 0.0705. The van der Waals surface area contributed by atoms with Crippen molar-refractivity contribution in [3.63, 3.8) is 0 Å². The molecule has 0 aliphatic carbocycles. The lowest BCUT2D eigenvalue weighted by atomic mass is 10.2. The molecule has 0 aromatic heterocycles. The van der Waals surface area contributed by atoms with Crippen molar-refractivity contribution >= 4 is 21.6 Å². The van der Waals surface area contributed by atoms with Crippen LogP contribution in [0.1, 0.15) is 18.4 Å². The molecule has 0 radical (unpaired) electrons. The van der Waals surface area contributed by atoms with Gasteiger partial charge in [-0.1, -0.05) is 28.1 Å². The molecule has 0 aliphatic rings. The monoisotopic (exact) mass is 283 g/mol. The second-order valence-electron chi connectivity index (χ2n) is 3.79. The molecule has 0 heterocycles. The predicted molar refractivity (Wildman–Crippen MR) is 72.8 cm³/mol. The summed E-state index contributed by atoms with van der Waals surface area (Å²) in [4.78, 5) is 2.20. The molecule has 0 fully saturated rings. The summed E-state index contributed by atoms with van der Waals surface area (Å²) in [5.74, 6) is 0. The number of halogens is 1. The lowest BCUT2D eigenvalue weighted by Crippen LogP contribution is -2.18. The van der Waals surface area contributed by atoms with Crippen LogP contribution < -0.4 is 4.90 Å². The van der Waals surface area contributed by atoms with Gasteiger partial charge in [-0.15, -0.1) is 6.58 Å². The molecule has 0 saturated carbocycles. The van der Waals surface area contributed by atoms with Crippen molar-refractivity contribution in [2.75, 3.05) is 18.5 Å². The zero-order valence-corrected chi connectivity index (χ0v) is 11.2. The van der Waals surface area contributed by atoms with Gasteiger partial charge in [0, 0.05) is 23.8 Å². The third kappa shape index (κ3) is 3.65. The van der Waals surface area contributed by atoms with E-state index in [2.05, 4.69) is 34.5 Å². The Balaban J connectivity index is 2.65. The molecule has 0 unspecified atom stereocenters. The smallest absolute Gasteiger partial charge is 0.0692 e. The van der Waals surface area contributed by atoms with Crippen LogP contribution in [0.4, 0.5) is 5.69 Å². The maximum Gasteiger partial charge on any atom is 0.0692 e. The van der Waals surface area contributed by atoms with Crippen molar-refractivity contribution in [2.45, 2.75) is 19.4 Å². The first-order valence-corrected chi connectivity index (χ1v) is 6.19. The van der Waals surface area contributed by atoms with E-state index in [1.807, 2.05) is 24.3 Å². The SMILES string of the molecule is C=CCCCN(C)c1ccc(CO)c(Br)c1. The number of benzene rings is 1. The molecule has 1 N–H and O–H groups in total. The number of aliphatic hydroxyl groups is 1. The Bertz CT molecular complexity index is 352. The summed E-state index contributed by atoms with van der Waals surface area (Å²) in [5, 5.41) is 9.07. The highest BCUT2D eigenvalue weighted by Crippen LogP contribution is 2.23. The van der Waals surface area contributed by atoms with E-state index in [1.165, 1.54) is 0 Å². The fraction of sp³-hybridized carbons (Fsp3) is 0.385. The molecule has 0 bridgehead atoms. The maximum atomic E-state index is 9.07. The third-order valence-corrected chi connectivity index (χ3v) is 3.29. The number of nitrogens with zero attached hydrogens (tertiary/aromatic N) is 1. The average Bonchev–Trinajstić information content (AvgIpc) is 2.29. The number of rotatable bonds is 6. The van der Waals surface area contributed by atoms with Gasteiger partial charge in [-0.2, -0.15) is 0 Å². The van der Waals surface area contributed by atoms with Gasteiger partial charge in [-0.05, 0) is 30.5 Å². The lowest BCUT2D eigenvalue weighted by Gasteiger charge is -2.19. The molecular formula is C13H18BrNO. The second kappa shape index (κ2) is 6.71. The third-order valence-electron chi connectivity index (χ3n) is 2.55. The molecular weight excluding hydrogens is 266 g/mol. The fourth-order valence-electron chi connectivity index (χ4n) is 1.50. The normalized spacial score (nSPS) is 10.2. The molecule has 1 aromatic carbocycles. The average molecular weight is 284 g/mol. The lowest BCUT2D eigenvalue weighted by molar-refractivity contribution is 0.281. The predicted octanol–water partition coefficient (Wildman–Crippen LogP) is 3.34. The Kier molecular flexibility index (Phi) is 5.56. The molecule has 0 aliphatic heterocycles. The summed E-state index contributed by atoms with van der Waals surface area (Å²) in [7, 11) is 2.07. The topological polar surface area (TPSA) is 23.5 Å². The number of unbranched alkanes of at least 4 members (excludes halogenated alkanes) is 1. The van der Waals surface area contributed by atoms with Crippen molar-refractivity contribution in [3.05, 3.63) is 40.9 Å². The van der Waals surface area contributed by atoms with E-state index < -0.39 is 0 Å². The van der Waals surface area contributed by atoms with E-state index in [4.69, 9.17) is 5.11 Å². The molecule has 16 heavy (non-hydrogen) atoms. The van der Waals surface area contributed by atoms with Crippen molar-refractivity contribution in [3.8, 4) is 0 Å². The van der Waals surface area contributed by atoms with Gasteiger partial charge >= 0.3 is 0 Å². The van der Waals surface area contributed by atoms with E-state index in [0.29, 0.717) is 0 Å². The molecule has 1 aromatic rings. The summed E-state index contributed by atoms with van der Waals surface area (Å²) in [5.41, 5.74) is 2.08. The van der Waals surface area contributed by atoms with Gasteiger partial charge in [0.15, 0.2) is 0 Å². The number of hydrogen-bond donors (Lipinski definition) is 1. The molecule has 0 saturated heterocycles. The van der Waals surface area contributed by atoms with Crippen LogP contribution in [0.25, 0.3) is 0 Å². The van der Waals surface area contributed by atoms with Crippen molar-refractivity contribution < 1.29 is 5.11 Å². The minimum Gasteiger partial charge on any atom is -0.392 e. The molecule has 2 nitrogen and oxygen atoms in total. The van der Waals surface area contributed by atoms with Gasteiger partial charge in [-0.25, -0.2) is 0 Å². The van der Waals surface area contributed by atoms with Gasteiger partial charge in [0.05, 0.1) is 6.61 Å². The van der Waals surface area contributed by atoms with E-state index in [9.17, 15) is 0 Å². The van der Waals surface area contributed by atoms with Gasteiger partial charge in [0.25, 0.3) is 0 Å². The Hall–Kier alpha value is -0.800. The van der Waals surface area contributed by atoms with Crippen LogP contribution in [0.15, 0.2) is 35.3 Å². The fourth-order valence-corrected chi connectivity index (χ4v) is 2.00. The van der Waals surface area contributed by atoms with Crippen molar-refractivity contribution in [2.24, 2.45) is 0 Å². The van der Waals surface area contributed by atoms with E-state index >= 15 is 0 Å². The maximum absolute atomic E-state index is 9.07. The number of aliphatic hydroxyl groups excluding tert-OH is 1. The first kappa shape index (κ1) is 13.3. The molecule has 0 atom stereocenters. The minimum atomic E-state index is 0.0705. The second-order valence-corrected chi connectivity index (χ2v) is 4.64. The highest BCUT2D eigenvalue weighted by Gasteiger charge is 2.04. The van der Waals surface area contributed by atoms with Crippen LogP contribution in [0.5, 0.6) is 0 Å². The van der Waals surface area contributed by atoms with E-state index in [-0.39, 0.29) is 6.61 Å². The Labute approximate surface area is 106 Å². The van der Waals surface area contributed by atoms with Crippen LogP contribution in [0, 0.1) is 0 Å². The summed E-state index contributed by atoms with van der Waals surface area (Å²) >= 11 is 3.45. The Morgan fingerprint density at radius 1 is 1.50 bits per heavy atom.